The van der Waals surface area contributed by atoms with Gasteiger partial charge in [0.2, 0.25) is 0 Å². The zero-order valence-corrected chi connectivity index (χ0v) is 20.4. The second-order valence-electron chi connectivity index (χ2n) is 10.4. The zero-order chi connectivity index (χ0) is 23.2. The lowest BCUT2D eigenvalue weighted by atomic mass is 9.87. The Hall–Kier alpha value is -2.39. The van der Waals surface area contributed by atoms with E-state index in [4.69, 9.17) is 0 Å². The lowest BCUT2D eigenvalue weighted by molar-refractivity contribution is 0.408. The molecule has 2 aromatic carbocycles. The van der Waals surface area contributed by atoms with Crippen molar-refractivity contribution in [2.45, 2.75) is 83.1 Å². The molecule has 2 bridgehead atoms. The SMILES string of the molecule is Fc1ccc(-c2[nH]c3ccccc3c2C2=CC3CCC(CCCCCCCCCCN3)C2)cc1. The number of nitrogens with one attached hydrogen (secondary N) is 2. The number of aromatic nitrogens is 1. The molecule has 1 fully saturated rings. The van der Waals surface area contributed by atoms with Gasteiger partial charge in [-0.1, -0.05) is 75.6 Å². The summed E-state index contributed by atoms with van der Waals surface area (Å²) in [6.45, 7) is 1.11. The minimum absolute atomic E-state index is 0.187. The highest BCUT2D eigenvalue weighted by Crippen LogP contribution is 2.41. The monoisotopic (exact) mass is 458 g/mol. The predicted molar refractivity (Wildman–Crippen MR) is 142 cm³/mol. The number of halogens is 1. The summed E-state index contributed by atoms with van der Waals surface area (Å²) in [6.07, 6.45) is 18.5. The highest BCUT2D eigenvalue weighted by Gasteiger charge is 2.24. The molecule has 1 aromatic heterocycles. The van der Waals surface area contributed by atoms with E-state index in [9.17, 15) is 4.39 Å². The van der Waals surface area contributed by atoms with Gasteiger partial charge in [-0.15, -0.1) is 0 Å². The smallest absolute Gasteiger partial charge is 0.123 e. The number of hydrogen-bond acceptors (Lipinski definition) is 1. The molecule has 3 heteroatoms. The Morgan fingerprint density at radius 1 is 0.735 bits per heavy atom. The van der Waals surface area contributed by atoms with E-state index in [0.717, 1.165) is 35.7 Å². The quantitative estimate of drug-likeness (QED) is 0.395. The van der Waals surface area contributed by atoms with Gasteiger partial charge in [0.05, 0.1) is 5.69 Å². The fourth-order valence-corrected chi connectivity index (χ4v) is 6.03. The van der Waals surface area contributed by atoms with Crippen LogP contribution in [0.1, 0.15) is 82.6 Å². The topological polar surface area (TPSA) is 27.8 Å². The number of benzene rings is 2. The van der Waals surface area contributed by atoms with Crippen molar-refractivity contribution in [1.82, 2.24) is 10.3 Å². The second kappa shape index (κ2) is 11.4. The van der Waals surface area contributed by atoms with E-state index in [1.165, 1.54) is 87.2 Å². The summed E-state index contributed by atoms with van der Waals surface area (Å²) in [4.78, 5) is 3.68. The Bertz CT molecular complexity index is 1090. The van der Waals surface area contributed by atoms with Crippen molar-refractivity contribution in [3.63, 3.8) is 0 Å². The maximum Gasteiger partial charge on any atom is 0.123 e. The van der Waals surface area contributed by atoms with Gasteiger partial charge >= 0.3 is 0 Å². The van der Waals surface area contributed by atoms with Crippen molar-refractivity contribution in [3.8, 4) is 11.3 Å². The normalized spacial score (nSPS) is 23.1. The average molecular weight is 459 g/mol. The molecule has 2 N–H and O–H groups in total. The molecule has 0 spiro atoms. The molecule has 180 valence electrons. The number of para-hydroxylation sites is 1. The van der Waals surface area contributed by atoms with E-state index in [1.54, 1.807) is 12.1 Å². The van der Waals surface area contributed by atoms with Crippen molar-refractivity contribution in [2.24, 2.45) is 5.92 Å². The van der Waals surface area contributed by atoms with Crippen molar-refractivity contribution in [3.05, 3.63) is 66.0 Å². The molecule has 2 heterocycles. The van der Waals surface area contributed by atoms with Crippen LogP contribution < -0.4 is 5.32 Å². The molecule has 2 nitrogen and oxygen atoms in total. The highest BCUT2D eigenvalue weighted by atomic mass is 19.1. The van der Waals surface area contributed by atoms with Crippen molar-refractivity contribution in [2.75, 3.05) is 6.54 Å². The van der Waals surface area contributed by atoms with Crippen molar-refractivity contribution < 1.29 is 4.39 Å². The van der Waals surface area contributed by atoms with Gasteiger partial charge in [-0.3, -0.25) is 0 Å². The number of fused-ring (bicyclic) bond motifs is 4. The largest absolute Gasteiger partial charge is 0.354 e. The molecule has 2 aliphatic rings. The van der Waals surface area contributed by atoms with Gasteiger partial charge in [-0.2, -0.15) is 0 Å². The second-order valence-corrected chi connectivity index (χ2v) is 10.4. The summed E-state index contributed by atoms with van der Waals surface area (Å²) in [5.41, 5.74) is 6.12. The number of rotatable bonds is 2. The fourth-order valence-electron chi connectivity index (χ4n) is 6.03. The molecule has 3 aromatic rings. The van der Waals surface area contributed by atoms with Gasteiger partial charge < -0.3 is 10.3 Å². The van der Waals surface area contributed by atoms with E-state index in [-0.39, 0.29) is 5.82 Å². The molecule has 5 rings (SSSR count). The summed E-state index contributed by atoms with van der Waals surface area (Å²) >= 11 is 0. The average Bonchev–Trinajstić information content (AvgIpc) is 3.11. The van der Waals surface area contributed by atoms with Crippen LogP contribution in [0.3, 0.4) is 0 Å². The van der Waals surface area contributed by atoms with Crippen LogP contribution in [-0.4, -0.2) is 17.6 Å². The van der Waals surface area contributed by atoms with Gasteiger partial charge in [0.15, 0.2) is 0 Å². The third kappa shape index (κ3) is 5.63. The number of aromatic amines is 1. The van der Waals surface area contributed by atoms with Crippen LogP contribution in [0.5, 0.6) is 0 Å². The van der Waals surface area contributed by atoms with Crippen molar-refractivity contribution >= 4 is 16.5 Å². The van der Waals surface area contributed by atoms with Crippen LogP contribution in [0.4, 0.5) is 4.39 Å². The molecule has 34 heavy (non-hydrogen) atoms. The molecule has 0 radical (unpaired) electrons. The molecule has 0 amide bonds. The van der Waals surface area contributed by atoms with E-state index in [2.05, 4.69) is 40.6 Å². The van der Waals surface area contributed by atoms with Gasteiger partial charge in [-0.25, -0.2) is 4.39 Å². The Kier molecular flexibility index (Phi) is 7.80. The minimum atomic E-state index is -0.187. The summed E-state index contributed by atoms with van der Waals surface area (Å²) in [6, 6.07) is 16.0. The van der Waals surface area contributed by atoms with Crippen LogP contribution in [0, 0.1) is 11.7 Å². The van der Waals surface area contributed by atoms with Gasteiger partial charge in [0.1, 0.15) is 5.82 Å². The van der Waals surface area contributed by atoms with Crippen LogP contribution >= 0.6 is 0 Å². The lowest BCUT2D eigenvalue weighted by Crippen LogP contribution is -2.28. The first-order valence-electron chi connectivity index (χ1n) is 13.6. The Labute approximate surface area is 204 Å². The first-order valence-corrected chi connectivity index (χ1v) is 13.6. The third-order valence-electron chi connectivity index (χ3n) is 7.90. The molecule has 1 saturated heterocycles. The maximum atomic E-state index is 13.7. The zero-order valence-electron chi connectivity index (χ0n) is 20.4. The number of allylic oxidation sites excluding steroid dienone is 1. The summed E-state index contributed by atoms with van der Waals surface area (Å²) in [5, 5.41) is 5.17. The molecular weight excluding hydrogens is 419 g/mol. The molecule has 2 atom stereocenters. The van der Waals surface area contributed by atoms with Gasteiger partial charge in [0, 0.05) is 22.5 Å². The first-order chi connectivity index (χ1) is 16.8. The summed E-state index contributed by atoms with van der Waals surface area (Å²) in [7, 11) is 0. The maximum absolute atomic E-state index is 13.7. The Morgan fingerprint density at radius 3 is 2.29 bits per heavy atom. The Balaban J connectivity index is 1.53. The Morgan fingerprint density at radius 2 is 1.47 bits per heavy atom. The highest BCUT2D eigenvalue weighted by molar-refractivity contribution is 6.00. The third-order valence-corrected chi connectivity index (χ3v) is 7.90. The summed E-state index contributed by atoms with van der Waals surface area (Å²) in [5.74, 6) is 0.547. The van der Waals surface area contributed by atoms with E-state index >= 15 is 0 Å². The first kappa shape index (κ1) is 23.4. The van der Waals surface area contributed by atoms with E-state index in [0.29, 0.717) is 6.04 Å². The molecule has 1 aliphatic heterocycles. The van der Waals surface area contributed by atoms with Gasteiger partial charge in [-0.05, 0) is 79.6 Å². The molecule has 0 saturated carbocycles. The predicted octanol–water partition coefficient (Wildman–Crippen LogP) is 8.64. The standard InChI is InChI=1S/C31H39FN2/c32-26-17-15-24(16-18-26)31-30(28-12-8-9-13-29(28)34-31)25-21-23-11-7-5-3-1-2-4-6-10-20-33-27(22-25)19-14-23/h8-9,12-13,15-18,22-23,27,33-34H,1-7,10-11,14,19-21H2. The van der Waals surface area contributed by atoms with E-state index in [1.807, 2.05) is 12.1 Å². The van der Waals surface area contributed by atoms with Crippen LogP contribution in [0.15, 0.2) is 54.6 Å². The summed E-state index contributed by atoms with van der Waals surface area (Å²) < 4.78 is 13.7. The molecule has 1 aliphatic carbocycles. The number of H-pyrrole nitrogens is 1. The number of hydrogen-bond donors (Lipinski definition) is 2. The van der Waals surface area contributed by atoms with Crippen LogP contribution in [0.2, 0.25) is 0 Å². The van der Waals surface area contributed by atoms with Gasteiger partial charge in [0.25, 0.3) is 0 Å². The minimum Gasteiger partial charge on any atom is -0.354 e. The van der Waals surface area contributed by atoms with Crippen LogP contribution in [0.25, 0.3) is 27.7 Å². The molecular formula is C31H39FN2. The fraction of sp³-hybridized carbons (Fsp3) is 0.484. The van der Waals surface area contributed by atoms with E-state index < -0.39 is 0 Å². The van der Waals surface area contributed by atoms with Crippen molar-refractivity contribution in [1.29, 1.82) is 0 Å². The van der Waals surface area contributed by atoms with Crippen LogP contribution in [-0.2, 0) is 0 Å². The lowest BCUT2D eigenvalue weighted by Gasteiger charge is -2.17. The molecule has 2 unspecified atom stereocenters.